The van der Waals surface area contributed by atoms with Gasteiger partial charge in [-0.25, -0.2) is 0 Å². The number of aromatic nitrogens is 3. The molecule has 0 radical (unpaired) electrons. The molecule has 1 atom stereocenters. The maximum absolute atomic E-state index is 12.6. The average molecular weight is 397 g/mol. The molecule has 0 spiro atoms. The number of aryl methyl sites for hydroxylation is 1. The molecule has 146 valence electrons. The highest BCUT2D eigenvalue weighted by molar-refractivity contribution is 8.00. The van der Waals surface area contributed by atoms with Gasteiger partial charge in [0.25, 0.3) is 0 Å². The lowest BCUT2D eigenvalue weighted by Crippen LogP contribution is -2.22. The third-order valence-electron chi connectivity index (χ3n) is 4.46. The van der Waals surface area contributed by atoms with E-state index in [2.05, 4.69) is 22.4 Å². The molecule has 7 heteroatoms. The van der Waals surface area contributed by atoms with Crippen molar-refractivity contribution in [1.82, 2.24) is 14.8 Å². The number of nitrogens with zero attached hydrogens (tertiary/aromatic N) is 3. The standard InChI is InChI=1S/C21H24N4O2S/c1-5-15-10-12-16(13-11-15)22-20(26)14(2)28-21-24-23-19(25(21)3)17-8-6-7-9-18(17)27-4/h6-14H,5H2,1-4H3,(H,22,26)/t14-/m0/s1. The number of amides is 1. The van der Waals surface area contributed by atoms with Crippen LogP contribution in [0.5, 0.6) is 5.75 Å². The van der Waals surface area contributed by atoms with Crippen LogP contribution in [0.3, 0.4) is 0 Å². The summed E-state index contributed by atoms with van der Waals surface area (Å²) >= 11 is 1.37. The lowest BCUT2D eigenvalue weighted by molar-refractivity contribution is -0.115. The first kappa shape index (κ1) is 19.9. The Morgan fingerprint density at radius 3 is 2.57 bits per heavy atom. The molecule has 28 heavy (non-hydrogen) atoms. The van der Waals surface area contributed by atoms with E-state index in [9.17, 15) is 4.79 Å². The van der Waals surface area contributed by atoms with Crippen molar-refractivity contribution in [2.75, 3.05) is 12.4 Å². The first-order chi connectivity index (χ1) is 13.5. The number of benzene rings is 2. The molecular formula is C21H24N4O2S. The predicted molar refractivity (Wildman–Crippen MR) is 113 cm³/mol. The summed E-state index contributed by atoms with van der Waals surface area (Å²) in [5.41, 5.74) is 2.89. The van der Waals surface area contributed by atoms with Crippen molar-refractivity contribution in [3.05, 3.63) is 54.1 Å². The minimum Gasteiger partial charge on any atom is -0.496 e. The summed E-state index contributed by atoms with van der Waals surface area (Å²) in [7, 11) is 3.52. The Bertz CT molecular complexity index is 953. The maximum atomic E-state index is 12.6. The second-order valence-corrected chi connectivity index (χ2v) is 7.67. The third-order valence-corrected chi connectivity index (χ3v) is 5.60. The van der Waals surface area contributed by atoms with Crippen LogP contribution in [-0.4, -0.2) is 33.0 Å². The first-order valence-electron chi connectivity index (χ1n) is 9.12. The Morgan fingerprint density at radius 2 is 1.89 bits per heavy atom. The summed E-state index contributed by atoms with van der Waals surface area (Å²) < 4.78 is 7.29. The van der Waals surface area contributed by atoms with Gasteiger partial charge in [0, 0.05) is 12.7 Å². The fourth-order valence-corrected chi connectivity index (χ4v) is 3.58. The fraction of sp³-hybridized carbons (Fsp3) is 0.286. The number of rotatable bonds is 7. The van der Waals surface area contributed by atoms with Crippen molar-refractivity contribution in [3.8, 4) is 17.1 Å². The second kappa shape index (κ2) is 8.93. The van der Waals surface area contributed by atoms with E-state index < -0.39 is 0 Å². The molecule has 1 N–H and O–H groups in total. The zero-order chi connectivity index (χ0) is 20.1. The van der Waals surface area contributed by atoms with Gasteiger partial charge in [-0.3, -0.25) is 4.79 Å². The topological polar surface area (TPSA) is 69.0 Å². The third kappa shape index (κ3) is 4.36. The molecule has 0 bridgehead atoms. The van der Waals surface area contributed by atoms with Gasteiger partial charge in [0.15, 0.2) is 11.0 Å². The minimum atomic E-state index is -0.320. The maximum Gasteiger partial charge on any atom is 0.237 e. The zero-order valence-electron chi connectivity index (χ0n) is 16.5. The highest BCUT2D eigenvalue weighted by atomic mass is 32.2. The number of hydrogen-bond acceptors (Lipinski definition) is 5. The first-order valence-corrected chi connectivity index (χ1v) is 10.0. The summed E-state index contributed by atoms with van der Waals surface area (Å²) in [5.74, 6) is 1.36. The van der Waals surface area contributed by atoms with Gasteiger partial charge in [-0.1, -0.05) is 43.0 Å². The quantitative estimate of drug-likeness (QED) is 0.607. The lowest BCUT2D eigenvalue weighted by Gasteiger charge is -2.12. The van der Waals surface area contributed by atoms with E-state index in [0.717, 1.165) is 23.4 Å². The van der Waals surface area contributed by atoms with Crippen molar-refractivity contribution in [1.29, 1.82) is 0 Å². The van der Waals surface area contributed by atoms with Crippen molar-refractivity contribution in [2.45, 2.75) is 30.7 Å². The summed E-state index contributed by atoms with van der Waals surface area (Å²) in [4.78, 5) is 12.6. The Morgan fingerprint density at radius 1 is 1.18 bits per heavy atom. The summed E-state index contributed by atoms with van der Waals surface area (Å²) in [5, 5.41) is 11.9. The van der Waals surface area contributed by atoms with Crippen LogP contribution in [0.1, 0.15) is 19.4 Å². The molecule has 0 saturated heterocycles. The normalized spacial score (nSPS) is 11.9. The summed E-state index contributed by atoms with van der Waals surface area (Å²) in [6.45, 7) is 3.96. The van der Waals surface area contributed by atoms with E-state index in [0.29, 0.717) is 11.0 Å². The van der Waals surface area contributed by atoms with Crippen LogP contribution in [0.25, 0.3) is 11.4 Å². The zero-order valence-corrected chi connectivity index (χ0v) is 17.3. The predicted octanol–water partition coefficient (Wildman–Crippen LogP) is 4.17. The van der Waals surface area contributed by atoms with E-state index in [4.69, 9.17) is 4.74 Å². The van der Waals surface area contributed by atoms with Crippen LogP contribution in [-0.2, 0) is 18.3 Å². The number of nitrogens with one attached hydrogen (secondary N) is 1. The van der Waals surface area contributed by atoms with E-state index >= 15 is 0 Å². The van der Waals surface area contributed by atoms with Crippen LogP contribution in [0.2, 0.25) is 0 Å². The molecule has 0 aliphatic heterocycles. The highest BCUT2D eigenvalue weighted by Crippen LogP contribution is 2.31. The molecule has 2 aromatic carbocycles. The molecule has 1 heterocycles. The number of carbonyl (C=O) groups is 1. The van der Waals surface area contributed by atoms with Gasteiger partial charge in [-0.05, 0) is 43.2 Å². The SMILES string of the molecule is CCc1ccc(NC(=O)[C@H](C)Sc2nnc(-c3ccccc3OC)n2C)cc1. The van der Waals surface area contributed by atoms with Crippen molar-refractivity contribution in [2.24, 2.45) is 7.05 Å². The summed E-state index contributed by atoms with van der Waals surface area (Å²) in [6, 6.07) is 15.6. The van der Waals surface area contributed by atoms with E-state index in [1.807, 2.05) is 67.1 Å². The Kier molecular flexibility index (Phi) is 6.36. The average Bonchev–Trinajstić information content (AvgIpc) is 3.08. The Balaban J connectivity index is 1.71. The summed E-state index contributed by atoms with van der Waals surface area (Å²) in [6.07, 6.45) is 0.973. The van der Waals surface area contributed by atoms with Crippen LogP contribution in [0, 0.1) is 0 Å². The second-order valence-electron chi connectivity index (χ2n) is 6.37. The van der Waals surface area contributed by atoms with Gasteiger partial charge in [0.05, 0.1) is 17.9 Å². The van der Waals surface area contributed by atoms with Crippen molar-refractivity contribution < 1.29 is 9.53 Å². The van der Waals surface area contributed by atoms with E-state index in [1.165, 1.54) is 17.3 Å². The minimum absolute atomic E-state index is 0.0731. The number of hydrogen-bond donors (Lipinski definition) is 1. The molecular weight excluding hydrogens is 372 g/mol. The number of anilines is 1. The lowest BCUT2D eigenvalue weighted by atomic mass is 10.1. The van der Waals surface area contributed by atoms with Crippen molar-refractivity contribution >= 4 is 23.4 Å². The van der Waals surface area contributed by atoms with Gasteiger partial charge in [-0.15, -0.1) is 10.2 Å². The monoisotopic (exact) mass is 396 g/mol. The molecule has 0 aliphatic carbocycles. The number of carbonyl (C=O) groups excluding carboxylic acids is 1. The fourth-order valence-electron chi connectivity index (χ4n) is 2.76. The molecule has 6 nitrogen and oxygen atoms in total. The van der Waals surface area contributed by atoms with Crippen LogP contribution in [0.15, 0.2) is 53.7 Å². The smallest absolute Gasteiger partial charge is 0.237 e. The highest BCUT2D eigenvalue weighted by Gasteiger charge is 2.20. The largest absolute Gasteiger partial charge is 0.496 e. The van der Waals surface area contributed by atoms with Gasteiger partial charge in [0.1, 0.15) is 5.75 Å². The van der Waals surface area contributed by atoms with E-state index in [1.54, 1.807) is 7.11 Å². The van der Waals surface area contributed by atoms with Gasteiger partial charge in [-0.2, -0.15) is 0 Å². The molecule has 0 unspecified atom stereocenters. The number of ether oxygens (including phenoxy) is 1. The van der Waals surface area contributed by atoms with Crippen molar-refractivity contribution in [3.63, 3.8) is 0 Å². The molecule has 1 aromatic heterocycles. The van der Waals surface area contributed by atoms with Crippen LogP contribution in [0.4, 0.5) is 5.69 Å². The molecule has 0 fully saturated rings. The van der Waals surface area contributed by atoms with Crippen LogP contribution < -0.4 is 10.1 Å². The molecule has 0 saturated carbocycles. The molecule has 0 aliphatic rings. The number of thioether (sulfide) groups is 1. The number of methoxy groups -OCH3 is 1. The van der Waals surface area contributed by atoms with Gasteiger partial charge >= 0.3 is 0 Å². The molecule has 3 aromatic rings. The number of para-hydroxylation sites is 1. The molecule has 3 rings (SSSR count). The molecule has 1 amide bonds. The van der Waals surface area contributed by atoms with Gasteiger partial charge in [0.2, 0.25) is 5.91 Å². The van der Waals surface area contributed by atoms with E-state index in [-0.39, 0.29) is 11.2 Å². The Labute approximate surface area is 169 Å². The Hall–Kier alpha value is -2.80. The van der Waals surface area contributed by atoms with Crippen LogP contribution >= 0.6 is 11.8 Å². The van der Waals surface area contributed by atoms with Gasteiger partial charge < -0.3 is 14.6 Å².